The third-order valence-electron chi connectivity index (χ3n) is 4.27. The molecule has 1 N–H and O–H groups in total. The zero-order valence-corrected chi connectivity index (χ0v) is 11.0. The molecule has 2 atom stereocenters. The summed E-state index contributed by atoms with van der Waals surface area (Å²) in [7, 11) is 1.81. The summed E-state index contributed by atoms with van der Waals surface area (Å²) < 4.78 is 13.1. The number of hydrogen-bond donors (Lipinski definition) is 1. The van der Waals surface area contributed by atoms with E-state index in [2.05, 4.69) is 10.3 Å². The van der Waals surface area contributed by atoms with Crippen LogP contribution in [0, 0.1) is 5.82 Å². The van der Waals surface area contributed by atoms with Gasteiger partial charge in [0.25, 0.3) is 5.91 Å². The van der Waals surface area contributed by atoms with E-state index in [1.807, 2.05) is 7.05 Å². The van der Waals surface area contributed by atoms with Gasteiger partial charge in [0, 0.05) is 31.4 Å². The van der Waals surface area contributed by atoms with Crippen LogP contribution in [0.3, 0.4) is 0 Å². The van der Waals surface area contributed by atoms with Crippen molar-refractivity contribution in [1.82, 2.24) is 15.2 Å². The van der Waals surface area contributed by atoms with Crippen LogP contribution in [-0.2, 0) is 0 Å². The first-order valence-corrected chi connectivity index (χ1v) is 6.77. The second-order valence-electron chi connectivity index (χ2n) is 5.57. The van der Waals surface area contributed by atoms with Gasteiger partial charge >= 0.3 is 0 Å². The summed E-state index contributed by atoms with van der Waals surface area (Å²) in [6.45, 7) is 0. The lowest BCUT2D eigenvalue weighted by Gasteiger charge is -2.35. The Balaban J connectivity index is 1.73. The number of nitrogens with one attached hydrogen (secondary N) is 1. The highest BCUT2D eigenvalue weighted by molar-refractivity contribution is 5.93. The van der Waals surface area contributed by atoms with Gasteiger partial charge in [-0.3, -0.25) is 9.78 Å². The maximum Gasteiger partial charge on any atom is 0.255 e. The van der Waals surface area contributed by atoms with Crippen molar-refractivity contribution in [2.45, 2.75) is 43.8 Å². The van der Waals surface area contributed by atoms with Crippen LogP contribution in [0.2, 0.25) is 0 Å². The molecule has 2 aliphatic heterocycles. The molecule has 0 saturated carbocycles. The molecule has 2 bridgehead atoms. The van der Waals surface area contributed by atoms with Gasteiger partial charge in [-0.05, 0) is 31.7 Å². The molecular formula is C14H18FN3O. The highest BCUT2D eigenvalue weighted by Crippen LogP contribution is 2.29. The first kappa shape index (κ1) is 12.5. The Kier molecular flexibility index (Phi) is 3.22. The van der Waals surface area contributed by atoms with E-state index in [1.54, 1.807) is 4.90 Å². The maximum atomic E-state index is 13.1. The molecule has 2 unspecified atom stereocenters. The van der Waals surface area contributed by atoms with Gasteiger partial charge in [-0.15, -0.1) is 0 Å². The van der Waals surface area contributed by atoms with Crippen molar-refractivity contribution < 1.29 is 9.18 Å². The van der Waals surface area contributed by atoms with Crippen LogP contribution in [0.5, 0.6) is 0 Å². The number of nitrogens with zero attached hydrogens (tertiary/aromatic N) is 2. The molecule has 2 fully saturated rings. The summed E-state index contributed by atoms with van der Waals surface area (Å²) in [4.78, 5) is 17.8. The maximum absolute atomic E-state index is 13.1. The predicted octanol–water partition coefficient (Wildman–Crippen LogP) is 1.58. The minimum Gasteiger partial charge on any atom is -0.339 e. The van der Waals surface area contributed by atoms with E-state index in [0.29, 0.717) is 17.6 Å². The average molecular weight is 263 g/mol. The highest BCUT2D eigenvalue weighted by Gasteiger charge is 2.36. The summed E-state index contributed by atoms with van der Waals surface area (Å²) in [6, 6.07) is 2.56. The first-order valence-electron chi connectivity index (χ1n) is 6.77. The quantitative estimate of drug-likeness (QED) is 0.881. The van der Waals surface area contributed by atoms with Gasteiger partial charge < -0.3 is 10.2 Å². The van der Waals surface area contributed by atoms with Crippen molar-refractivity contribution in [3.05, 3.63) is 29.8 Å². The lowest BCUT2D eigenvalue weighted by Crippen LogP contribution is -2.48. The Hall–Kier alpha value is -1.49. The van der Waals surface area contributed by atoms with E-state index in [9.17, 15) is 9.18 Å². The fraction of sp³-hybridized carbons (Fsp3) is 0.571. The molecule has 19 heavy (non-hydrogen) atoms. The number of carbonyl (C=O) groups excluding carboxylic acids is 1. The molecule has 102 valence electrons. The van der Waals surface area contributed by atoms with Gasteiger partial charge in [-0.1, -0.05) is 0 Å². The molecule has 1 amide bonds. The van der Waals surface area contributed by atoms with Crippen LogP contribution >= 0.6 is 0 Å². The molecular weight excluding hydrogens is 245 g/mol. The van der Waals surface area contributed by atoms with Crippen LogP contribution < -0.4 is 5.32 Å². The Morgan fingerprint density at radius 1 is 1.37 bits per heavy atom. The van der Waals surface area contributed by atoms with Crippen molar-refractivity contribution in [2.75, 3.05) is 7.05 Å². The number of amides is 1. The standard InChI is InChI=1S/C14H18FN3O/c1-18(13-5-11-2-3-12(6-13)17-11)14(19)9-4-10(15)8-16-7-9/h4,7-8,11-13,17H,2-3,5-6H2,1H3. The number of rotatable bonds is 2. The van der Waals surface area contributed by atoms with Gasteiger partial charge in [0.1, 0.15) is 5.82 Å². The molecule has 3 rings (SSSR count). The minimum absolute atomic E-state index is 0.140. The van der Waals surface area contributed by atoms with Gasteiger partial charge in [-0.2, -0.15) is 0 Å². The highest BCUT2D eigenvalue weighted by atomic mass is 19.1. The van der Waals surface area contributed by atoms with Crippen LogP contribution in [0.15, 0.2) is 18.5 Å². The topological polar surface area (TPSA) is 45.2 Å². The molecule has 2 saturated heterocycles. The van der Waals surface area contributed by atoms with E-state index in [0.717, 1.165) is 19.0 Å². The fourth-order valence-electron chi connectivity index (χ4n) is 3.24. The Labute approximate surface area is 112 Å². The summed E-state index contributed by atoms with van der Waals surface area (Å²) in [5.41, 5.74) is 0.327. The van der Waals surface area contributed by atoms with Crippen molar-refractivity contribution in [3.8, 4) is 0 Å². The lowest BCUT2D eigenvalue weighted by atomic mass is 9.98. The van der Waals surface area contributed by atoms with Crippen molar-refractivity contribution >= 4 is 5.91 Å². The molecule has 1 aromatic rings. The van der Waals surface area contributed by atoms with Crippen molar-refractivity contribution in [2.24, 2.45) is 0 Å². The number of halogens is 1. The largest absolute Gasteiger partial charge is 0.339 e. The normalized spacial score (nSPS) is 29.3. The van der Waals surface area contributed by atoms with E-state index in [1.165, 1.54) is 25.1 Å². The molecule has 0 aliphatic carbocycles. The summed E-state index contributed by atoms with van der Waals surface area (Å²) in [5, 5.41) is 3.55. The zero-order chi connectivity index (χ0) is 13.4. The summed E-state index contributed by atoms with van der Waals surface area (Å²) >= 11 is 0. The van der Waals surface area contributed by atoms with Gasteiger partial charge in [0.15, 0.2) is 0 Å². The smallest absolute Gasteiger partial charge is 0.255 e. The third kappa shape index (κ3) is 2.47. The molecule has 1 aromatic heterocycles. The van der Waals surface area contributed by atoms with Crippen LogP contribution in [0.25, 0.3) is 0 Å². The second-order valence-corrected chi connectivity index (χ2v) is 5.57. The van der Waals surface area contributed by atoms with E-state index < -0.39 is 5.82 Å². The molecule has 3 heterocycles. The SMILES string of the molecule is CN(C(=O)c1cncc(F)c1)C1CC2CCC(C1)N2. The van der Waals surface area contributed by atoms with Crippen LogP contribution in [0.4, 0.5) is 4.39 Å². The van der Waals surface area contributed by atoms with Crippen LogP contribution in [0.1, 0.15) is 36.0 Å². The lowest BCUT2D eigenvalue weighted by molar-refractivity contribution is 0.0680. The van der Waals surface area contributed by atoms with Crippen molar-refractivity contribution in [1.29, 1.82) is 0 Å². The average Bonchev–Trinajstić information content (AvgIpc) is 2.76. The van der Waals surface area contributed by atoms with Gasteiger partial charge in [0.05, 0.1) is 11.8 Å². The summed E-state index contributed by atoms with van der Waals surface area (Å²) in [5.74, 6) is -0.608. The van der Waals surface area contributed by atoms with Crippen LogP contribution in [-0.4, -0.2) is 41.0 Å². The van der Waals surface area contributed by atoms with Gasteiger partial charge in [-0.25, -0.2) is 4.39 Å². The molecule has 2 aliphatic rings. The molecule has 0 radical (unpaired) electrons. The first-order chi connectivity index (χ1) is 9.13. The Bertz CT molecular complexity index is 481. The fourth-order valence-corrected chi connectivity index (χ4v) is 3.24. The summed E-state index contributed by atoms with van der Waals surface area (Å²) in [6.07, 6.45) is 6.91. The second kappa shape index (κ2) is 4.89. The Morgan fingerprint density at radius 3 is 2.68 bits per heavy atom. The number of carbonyl (C=O) groups is 1. The Morgan fingerprint density at radius 2 is 2.05 bits per heavy atom. The van der Waals surface area contributed by atoms with E-state index in [-0.39, 0.29) is 11.9 Å². The monoisotopic (exact) mass is 263 g/mol. The number of hydrogen-bond acceptors (Lipinski definition) is 3. The molecule has 0 aromatic carbocycles. The number of aromatic nitrogens is 1. The number of fused-ring (bicyclic) bond motifs is 2. The van der Waals surface area contributed by atoms with Gasteiger partial charge in [0.2, 0.25) is 0 Å². The zero-order valence-electron chi connectivity index (χ0n) is 11.0. The van der Waals surface area contributed by atoms with E-state index in [4.69, 9.17) is 0 Å². The molecule has 0 spiro atoms. The minimum atomic E-state index is -0.468. The number of piperidine rings is 1. The van der Waals surface area contributed by atoms with Crippen molar-refractivity contribution in [3.63, 3.8) is 0 Å². The molecule has 4 nitrogen and oxygen atoms in total. The third-order valence-corrected chi connectivity index (χ3v) is 4.27. The predicted molar refractivity (Wildman–Crippen MR) is 69.3 cm³/mol. The number of pyridine rings is 1. The molecule has 5 heteroatoms. The van der Waals surface area contributed by atoms with E-state index >= 15 is 0 Å².